The van der Waals surface area contributed by atoms with Gasteiger partial charge in [0.25, 0.3) is 5.69 Å². The molecular weight excluding hydrogens is 278 g/mol. The molecule has 112 valence electrons. The minimum absolute atomic E-state index is 0.131. The number of rotatable bonds is 4. The Bertz CT molecular complexity index is 710. The van der Waals surface area contributed by atoms with Crippen LogP contribution in [0.2, 0.25) is 0 Å². The number of Topliss-reactive ketones (excluding diaryl/α,β-unsaturated/α-hetero) is 1. The molecule has 0 radical (unpaired) electrons. The van der Waals surface area contributed by atoms with E-state index in [1.165, 1.54) is 5.56 Å². The van der Waals surface area contributed by atoms with Crippen LogP contribution in [0.3, 0.4) is 0 Å². The zero-order valence-electron chi connectivity index (χ0n) is 12.2. The average Bonchev–Trinajstić information content (AvgIpc) is 2.54. The highest BCUT2D eigenvalue weighted by Crippen LogP contribution is 2.24. The summed E-state index contributed by atoms with van der Waals surface area (Å²) in [6.45, 7) is 0.810. The van der Waals surface area contributed by atoms with Crippen molar-refractivity contribution in [2.24, 2.45) is 5.84 Å². The molecule has 1 heterocycles. The van der Waals surface area contributed by atoms with E-state index in [0.717, 1.165) is 24.1 Å². The fourth-order valence-electron chi connectivity index (χ4n) is 2.86. The molecule has 0 aliphatic carbocycles. The Labute approximate surface area is 128 Å². The second kappa shape index (κ2) is 6.07. The number of carbonyl (C=O) groups excluding carboxylic acids is 1. The van der Waals surface area contributed by atoms with E-state index in [9.17, 15) is 9.70 Å². The van der Waals surface area contributed by atoms with Gasteiger partial charge in [-0.2, -0.15) is 5.84 Å². The standard InChI is InChI=1S/C17H18N3O2/c18-20(22)14-7-5-12(6-8-14)11-16(21)17-15-4-2-1-3-13(15)9-10-19-17/h1-8,17,19H,9-11H2,(H2,18,22)/q+1. The second-order valence-electron chi connectivity index (χ2n) is 5.47. The molecule has 3 rings (SSSR count). The Kier molecular flexibility index (Phi) is 3.98. The fourth-order valence-corrected chi connectivity index (χ4v) is 2.86. The van der Waals surface area contributed by atoms with Crippen LogP contribution in [0, 0.1) is 4.91 Å². The molecule has 0 bridgehead atoms. The van der Waals surface area contributed by atoms with Crippen LogP contribution >= 0.6 is 0 Å². The van der Waals surface area contributed by atoms with E-state index in [1.807, 2.05) is 18.2 Å². The number of hydrazine groups is 1. The number of ketones is 1. The van der Waals surface area contributed by atoms with Gasteiger partial charge in [0, 0.05) is 25.1 Å². The number of carbonyl (C=O) groups is 1. The SMILES string of the molecule is N[N+](=O)c1ccc(CC(=O)C2NCCc3ccccc32)cc1. The van der Waals surface area contributed by atoms with Gasteiger partial charge in [-0.05, 0) is 23.1 Å². The van der Waals surface area contributed by atoms with Crippen molar-refractivity contribution in [3.05, 3.63) is 70.1 Å². The van der Waals surface area contributed by atoms with Crippen molar-refractivity contribution in [2.45, 2.75) is 18.9 Å². The number of nitrogens with one attached hydrogen (secondary N) is 1. The summed E-state index contributed by atoms with van der Waals surface area (Å²) in [6, 6.07) is 14.6. The summed E-state index contributed by atoms with van der Waals surface area (Å²) in [7, 11) is 0. The first-order valence-corrected chi connectivity index (χ1v) is 7.30. The number of fused-ring (bicyclic) bond motifs is 1. The summed E-state index contributed by atoms with van der Waals surface area (Å²) >= 11 is 0. The van der Waals surface area contributed by atoms with Gasteiger partial charge in [-0.1, -0.05) is 36.4 Å². The maximum atomic E-state index is 12.6. The first-order chi connectivity index (χ1) is 10.6. The summed E-state index contributed by atoms with van der Waals surface area (Å²) < 4.78 is 0. The quantitative estimate of drug-likeness (QED) is 0.514. The zero-order chi connectivity index (χ0) is 15.5. The van der Waals surface area contributed by atoms with Crippen LogP contribution < -0.4 is 11.2 Å². The van der Waals surface area contributed by atoms with Crippen LogP contribution in [-0.4, -0.2) is 17.2 Å². The zero-order valence-corrected chi connectivity index (χ0v) is 12.2. The van der Waals surface area contributed by atoms with Gasteiger partial charge < -0.3 is 5.32 Å². The lowest BCUT2D eigenvalue weighted by molar-refractivity contribution is -0.474. The van der Waals surface area contributed by atoms with E-state index in [1.54, 1.807) is 24.3 Å². The minimum atomic E-state index is -0.254. The molecule has 5 nitrogen and oxygen atoms in total. The molecule has 1 aliphatic heterocycles. The third-order valence-corrected chi connectivity index (χ3v) is 4.00. The first kappa shape index (κ1) is 14.4. The van der Waals surface area contributed by atoms with E-state index >= 15 is 0 Å². The highest BCUT2D eigenvalue weighted by atomic mass is 16.3. The van der Waals surface area contributed by atoms with Crippen LogP contribution in [-0.2, 0) is 17.6 Å². The molecule has 0 saturated heterocycles. The third kappa shape index (κ3) is 2.89. The number of nitrogens with two attached hydrogens (primary N) is 1. The largest absolute Gasteiger partial charge is 0.303 e. The molecule has 2 aromatic carbocycles. The maximum absolute atomic E-state index is 12.6. The van der Waals surface area contributed by atoms with Gasteiger partial charge in [0.15, 0.2) is 10.7 Å². The molecule has 0 spiro atoms. The van der Waals surface area contributed by atoms with Crippen molar-refractivity contribution in [1.29, 1.82) is 0 Å². The fraction of sp³-hybridized carbons (Fsp3) is 0.235. The number of benzene rings is 2. The Balaban J connectivity index is 1.76. The molecule has 5 heteroatoms. The van der Waals surface area contributed by atoms with E-state index in [2.05, 4.69) is 11.4 Å². The normalized spacial score (nSPS) is 16.8. The van der Waals surface area contributed by atoms with Gasteiger partial charge in [0.2, 0.25) is 0 Å². The third-order valence-electron chi connectivity index (χ3n) is 4.00. The van der Waals surface area contributed by atoms with E-state index in [-0.39, 0.29) is 11.8 Å². The molecular formula is C17H18N3O2+. The van der Waals surface area contributed by atoms with E-state index in [0.29, 0.717) is 17.0 Å². The number of nitrogens with zero attached hydrogens (tertiary/aromatic N) is 1. The van der Waals surface area contributed by atoms with Gasteiger partial charge in [-0.25, -0.2) is 0 Å². The highest BCUT2D eigenvalue weighted by molar-refractivity contribution is 5.87. The lowest BCUT2D eigenvalue weighted by Gasteiger charge is -2.25. The van der Waals surface area contributed by atoms with E-state index in [4.69, 9.17) is 5.84 Å². The van der Waals surface area contributed by atoms with Gasteiger partial charge in [-0.15, -0.1) is 0 Å². The summed E-state index contributed by atoms with van der Waals surface area (Å²) in [5.74, 6) is 5.27. The van der Waals surface area contributed by atoms with Gasteiger partial charge in [-0.3, -0.25) is 4.79 Å². The van der Waals surface area contributed by atoms with Crippen LogP contribution in [0.25, 0.3) is 0 Å². The smallest absolute Gasteiger partial charge is 0.291 e. The Hall–Kier alpha value is -2.53. The molecule has 3 N–H and O–H groups in total. The number of nitroso groups, excluding NO2 is 1. The summed E-state index contributed by atoms with van der Waals surface area (Å²) in [4.78, 5) is 23.9. The monoisotopic (exact) mass is 296 g/mol. The van der Waals surface area contributed by atoms with Crippen molar-refractivity contribution in [2.75, 3.05) is 6.54 Å². The van der Waals surface area contributed by atoms with Crippen LogP contribution in [0.4, 0.5) is 5.69 Å². The van der Waals surface area contributed by atoms with Gasteiger partial charge >= 0.3 is 0 Å². The Morgan fingerprint density at radius 1 is 1.18 bits per heavy atom. The summed E-state index contributed by atoms with van der Waals surface area (Å²) in [5.41, 5.74) is 3.56. The van der Waals surface area contributed by atoms with Crippen molar-refractivity contribution in [3.63, 3.8) is 0 Å². The molecule has 1 atom stereocenters. The van der Waals surface area contributed by atoms with Gasteiger partial charge in [0.05, 0.1) is 10.9 Å². The van der Waals surface area contributed by atoms with Crippen LogP contribution in [0.1, 0.15) is 22.7 Å². The molecule has 2 aromatic rings. The highest BCUT2D eigenvalue weighted by Gasteiger charge is 2.25. The van der Waals surface area contributed by atoms with E-state index < -0.39 is 0 Å². The first-order valence-electron chi connectivity index (χ1n) is 7.30. The van der Waals surface area contributed by atoms with Crippen LogP contribution in [0.5, 0.6) is 0 Å². The predicted octanol–water partition coefficient (Wildman–Crippen LogP) is 1.97. The Morgan fingerprint density at radius 2 is 1.91 bits per heavy atom. The lowest BCUT2D eigenvalue weighted by Crippen LogP contribution is -2.35. The molecule has 1 unspecified atom stereocenters. The molecule has 0 aromatic heterocycles. The van der Waals surface area contributed by atoms with Crippen molar-refractivity contribution < 1.29 is 9.66 Å². The number of hydrogen-bond donors (Lipinski definition) is 2. The lowest BCUT2D eigenvalue weighted by atomic mass is 9.90. The maximum Gasteiger partial charge on any atom is 0.291 e. The number of hydrogen-bond acceptors (Lipinski definition) is 3. The van der Waals surface area contributed by atoms with Crippen molar-refractivity contribution >= 4 is 11.5 Å². The summed E-state index contributed by atoms with van der Waals surface area (Å²) in [5, 5.41) is 3.30. The molecule has 0 saturated carbocycles. The molecule has 0 fully saturated rings. The average molecular weight is 296 g/mol. The molecule has 1 aliphatic rings. The Morgan fingerprint density at radius 3 is 2.64 bits per heavy atom. The molecule has 22 heavy (non-hydrogen) atoms. The van der Waals surface area contributed by atoms with Crippen LogP contribution in [0.15, 0.2) is 48.5 Å². The van der Waals surface area contributed by atoms with Crippen molar-refractivity contribution in [1.82, 2.24) is 5.32 Å². The summed E-state index contributed by atoms with van der Waals surface area (Å²) in [6.07, 6.45) is 1.28. The molecule has 0 amide bonds. The van der Waals surface area contributed by atoms with Crippen molar-refractivity contribution in [3.8, 4) is 0 Å². The second-order valence-corrected chi connectivity index (χ2v) is 5.47. The van der Waals surface area contributed by atoms with Gasteiger partial charge in [0.1, 0.15) is 0 Å². The predicted molar refractivity (Wildman–Crippen MR) is 83.5 cm³/mol. The minimum Gasteiger partial charge on any atom is -0.303 e. The topological polar surface area (TPSA) is 75.2 Å².